The van der Waals surface area contributed by atoms with E-state index in [4.69, 9.17) is 11.6 Å². The first kappa shape index (κ1) is 9.99. The van der Waals surface area contributed by atoms with Gasteiger partial charge in [0.05, 0.1) is 10.6 Å². The van der Waals surface area contributed by atoms with Gasteiger partial charge in [0.1, 0.15) is 0 Å². The Morgan fingerprint density at radius 3 is 2.29 bits per heavy atom. The van der Waals surface area contributed by atoms with Crippen LogP contribution < -0.4 is 0 Å². The summed E-state index contributed by atoms with van der Waals surface area (Å²) in [6.07, 6.45) is 2.10. The number of halogens is 1. The van der Waals surface area contributed by atoms with E-state index in [1.807, 2.05) is 0 Å². The molecule has 14 heavy (non-hydrogen) atoms. The maximum absolute atomic E-state index is 11.8. The number of sulfone groups is 1. The van der Waals surface area contributed by atoms with Crippen LogP contribution in [0.15, 0.2) is 29.2 Å². The molecule has 0 spiro atoms. The van der Waals surface area contributed by atoms with Crippen molar-refractivity contribution in [3.63, 3.8) is 0 Å². The summed E-state index contributed by atoms with van der Waals surface area (Å²) in [5, 5.41) is 0.565. The Labute approximate surface area is 88.8 Å². The van der Waals surface area contributed by atoms with Gasteiger partial charge in [-0.05, 0) is 43.0 Å². The van der Waals surface area contributed by atoms with Gasteiger partial charge in [-0.15, -0.1) is 0 Å². The summed E-state index contributed by atoms with van der Waals surface area (Å²) in [4.78, 5) is 0.383. The van der Waals surface area contributed by atoms with Crippen molar-refractivity contribution in [3.8, 4) is 0 Å². The highest BCUT2D eigenvalue weighted by Crippen LogP contribution is 2.32. The third-order valence-electron chi connectivity index (χ3n) is 2.32. The van der Waals surface area contributed by atoms with Gasteiger partial charge in [0.25, 0.3) is 0 Å². The first-order valence-electron chi connectivity index (χ1n) is 4.56. The minimum absolute atomic E-state index is 0.286. The molecule has 0 heterocycles. The molecular formula is C10H11ClO2S. The van der Waals surface area contributed by atoms with Crippen LogP contribution in [0.3, 0.4) is 0 Å². The Hall–Kier alpha value is -0.540. The molecule has 0 bridgehead atoms. The molecule has 4 heteroatoms. The van der Waals surface area contributed by atoms with E-state index in [0.717, 1.165) is 12.8 Å². The van der Waals surface area contributed by atoms with E-state index in [1.54, 1.807) is 24.3 Å². The van der Waals surface area contributed by atoms with Crippen LogP contribution in [0.2, 0.25) is 5.02 Å². The van der Waals surface area contributed by atoms with Gasteiger partial charge < -0.3 is 0 Å². The van der Waals surface area contributed by atoms with E-state index in [-0.39, 0.29) is 5.75 Å². The molecule has 2 nitrogen and oxygen atoms in total. The molecule has 0 N–H and O–H groups in total. The SMILES string of the molecule is O=S(=O)(CC1CC1)c1ccc(Cl)cc1. The van der Waals surface area contributed by atoms with Crippen LogP contribution in [0.5, 0.6) is 0 Å². The minimum Gasteiger partial charge on any atom is -0.224 e. The number of rotatable bonds is 3. The molecule has 1 aromatic rings. The zero-order valence-electron chi connectivity index (χ0n) is 7.61. The van der Waals surface area contributed by atoms with E-state index in [9.17, 15) is 8.42 Å². The predicted molar refractivity (Wildman–Crippen MR) is 56.2 cm³/mol. The highest BCUT2D eigenvalue weighted by Gasteiger charge is 2.28. The van der Waals surface area contributed by atoms with Crippen LogP contribution in [-0.4, -0.2) is 14.2 Å². The molecule has 1 fully saturated rings. The van der Waals surface area contributed by atoms with Gasteiger partial charge in [0.2, 0.25) is 0 Å². The maximum Gasteiger partial charge on any atom is 0.178 e. The lowest BCUT2D eigenvalue weighted by atomic mass is 10.4. The van der Waals surface area contributed by atoms with Crippen LogP contribution in [0.1, 0.15) is 12.8 Å². The molecule has 1 aliphatic carbocycles. The van der Waals surface area contributed by atoms with Crippen LogP contribution in [0.25, 0.3) is 0 Å². The fourth-order valence-corrected chi connectivity index (χ4v) is 3.16. The second kappa shape index (κ2) is 3.55. The zero-order chi connectivity index (χ0) is 10.2. The average molecular weight is 231 g/mol. The summed E-state index contributed by atoms with van der Waals surface area (Å²) in [6, 6.07) is 6.36. The second-order valence-corrected chi connectivity index (χ2v) is 6.15. The molecule has 76 valence electrons. The topological polar surface area (TPSA) is 34.1 Å². The Kier molecular flexibility index (Phi) is 2.54. The van der Waals surface area contributed by atoms with Crippen molar-refractivity contribution in [1.82, 2.24) is 0 Å². The summed E-state index contributed by atoms with van der Waals surface area (Å²) in [6.45, 7) is 0. The largest absolute Gasteiger partial charge is 0.224 e. The number of hydrogen-bond acceptors (Lipinski definition) is 2. The smallest absolute Gasteiger partial charge is 0.178 e. The van der Waals surface area contributed by atoms with Gasteiger partial charge in [-0.25, -0.2) is 8.42 Å². The molecule has 1 aliphatic rings. The van der Waals surface area contributed by atoms with Crippen molar-refractivity contribution in [3.05, 3.63) is 29.3 Å². The third-order valence-corrected chi connectivity index (χ3v) is 4.48. The van der Waals surface area contributed by atoms with Crippen molar-refractivity contribution in [2.75, 3.05) is 5.75 Å². The minimum atomic E-state index is -3.07. The first-order valence-corrected chi connectivity index (χ1v) is 6.59. The first-order chi connectivity index (χ1) is 6.58. The van der Waals surface area contributed by atoms with Crippen molar-refractivity contribution in [1.29, 1.82) is 0 Å². The average Bonchev–Trinajstić information content (AvgIpc) is 2.88. The molecule has 0 unspecified atom stereocenters. The van der Waals surface area contributed by atoms with Crippen molar-refractivity contribution >= 4 is 21.4 Å². The highest BCUT2D eigenvalue weighted by molar-refractivity contribution is 7.91. The summed E-state index contributed by atoms with van der Waals surface area (Å²) in [7, 11) is -3.07. The Bertz CT molecular complexity index is 418. The lowest BCUT2D eigenvalue weighted by Gasteiger charge is -2.02. The molecule has 1 saturated carbocycles. The molecule has 1 aromatic carbocycles. The van der Waals surface area contributed by atoms with Gasteiger partial charge in [-0.1, -0.05) is 11.6 Å². The highest BCUT2D eigenvalue weighted by atomic mass is 35.5. The Balaban J connectivity index is 2.24. The van der Waals surface area contributed by atoms with Crippen LogP contribution in [0.4, 0.5) is 0 Å². The van der Waals surface area contributed by atoms with E-state index in [1.165, 1.54) is 0 Å². The van der Waals surface area contributed by atoms with Crippen molar-refractivity contribution in [2.24, 2.45) is 5.92 Å². The quantitative estimate of drug-likeness (QED) is 0.800. The van der Waals surface area contributed by atoms with Gasteiger partial charge in [-0.3, -0.25) is 0 Å². The summed E-state index contributed by atoms with van der Waals surface area (Å²) in [5.41, 5.74) is 0. The standard InChI is InChI=1S/C10H11ClO2S/c11-9-3-5-10(6-4-9)14(12,13)7-8-1-2-8/h3-6,8H,1-2,7H2. The monoisotopic (exact) mass is 230 g/mol. The third kappa shape index (κ3) is 2.28. The molecule has 0 aliphatic heterocycles. The van der Waals surface area contributed by atoms with Gasteiger partial charge >= 0.3 is 0 Å². The van der Waals surface area contributed by atoms with Gasteiger partial charge in [0, 0.05) is 5.02 Å². The molecule has 0 amide bonds. The van der Waals surface area contributed by atoms with E-state index < -0.39 is 9.84 Å². The normalized spacial score (nSPS) is 16.9. The lowest BCUT2D eigenvalue weighted by molar-refractivity contribution is 0.592. The fourth-order valence-electron chi connectivity index (χ4n) is 1.33. The second-order valence-electron chi connectivity index (χ2n) is 3.68. The van der Waals surface area contributed by atoms with E-state index in [0.29, 0.717) is 15.8 Å². The summed E-state index contributed by atoms with van der Waals surface area (Å²) < 4.78 is 23.5. The number of hydrogen-bond donors (Lipinski definition) is 0. The van der Waals surface area contributed by atoms with E-state index in [2.05, 4.69) is 0 Å². The van der Waals surface area contributed by atoms with Crippen molar-refractivity contribution < 1.29 is 8.42 Å². The van der Waals surface area contributed by atoms with E-state index >= 15 is 0 Å². The van der Waals surface area contributed by atoms with Crippen LogP contribution in [0, 0.1) is 5.92 Å². The molecule has 0 atom stereocenters. The summed E-state index contributed by atoms with van der Waals surface area (Å²) >= 11 is 5.69. The molecule has 0 saturated heterocycles. The maximum atomic E-state index is 11.8. The van der Waals surface area contributed by atoms with Crippen molar-refractivity contribution in [2.45, 2.75) is 17.7 Å². The molecular weight excluding hydrogens is 220 g/mol. The Morgan fingerprint density at radius 1 is 1.21 bits per heavy atom. The summed E-state index contributed by atoms with van der Waals surface area (Å²) in [5.74, 6) is 0.671. The lowest BCUT2D eigenvalue weighted by Crippen LogP contribution is -2.07. The Morgan fingerprint density at radius 2 is 1.79 bits per heavy atom. The number of benzene rings is 1. The predicted octanol–water partition coefficient (Wildman–Crippen LogP) is 2.52. The van der Waals surface area contributed by atoms with Gasteiger partial charge in [-0.2, -0.15) is 0 Å². The molecule has 0 radical (unpaired) electrons. The van der Waals surface area contributed by atoms with Crippen LogP contribution in [-0.2, 0) is 9.84 Å². The fraction of sp³-hybridized carbons (Fsp3) is 0.400. The van der Waals surface area contributed by atoms with Crippen LogP contribution >= 0.6 is 11.6 Å². The van der Waals surface area contributed by atoms with Gasteiger partial charge in [0.15, 0.2) is 9.84 Å². The zero-order valence-corrected chi connectivity index (χ0v) is 9.18. The molecule has 2 rings (SSSR count). The molecule has 0 aromatic heterocycles.